The molecule has 3 rings (SSSR count). The minimum Gasteiger partial charge on any atom is -0.363 e. The Balaban J connectivity index is 1.56. The first-order chi connectivity index (χ1) is 14.5. The second-order valence-corrected chi connectivity index (χ2v) is 8.25. The van der Waals surface area contributed by atoms with Crippen LogP contribution in [0.2, 0.25) is 0 Å². The molecule has 2 N–H and O–H groups in total. The smallest absolute Gasteiger partial charge is 0.191 e. The quantitative estimate of drug-likeness (QED) is 0.544. The maximum atomic E-state index is 4.79. The molecule has 2 unspecified atom stereocenters. The van der Waals surface area contributed by atoms with E-state index in [0.717, 1.165) is 49.9 Å². The highest BCUT2D eigenvalue weighted by atomic mass is 15.2. The van der Waals surface area contributed by atoms with E-state index >= 15 is 0 Å². The number of guanidine groups is 1. The van der Waals surface area contributed by atoms with Gasteiger partial charge in [-0.15, -0.1) is 0 Å². The average molecular weight is 409 g/mol. The summed E-state index contributed by atoms with van der Waals surface area (Å²) < 4.78 is 0. The van der Waals surface area contributed by atoms with Gasteiger partial charge in [0.25, 0.3) is 0 Å². The van der Waals surface area contributed by atoms with Crippen molar-refractivity contribution in [3.63, 3.8) is 0 Å². The molecule has 2 aromatic rings. The normalized spacial score (nSPS) is 20.1. The number of benzene rings is 1. The van der Waals surface area contributed by atoms with E-state index in [1.807, 2.05) is 37.2 Å². The molecular weight excluding hydrogens is 372 g/mol. The number of piperidine rings is 1. The maximum absolute atomic E-state index is 4.79. The zero-order valence-corrected chi connectivity index (χ0v) is 18.8. The lowest BCUT2D eigenvalue weighted by atomic mass is 9.97. The Labute approximate surface area is 181 Å². The molecule has 0 bridgehead atoms. The van der Waals surface area contributed by atoms with Crippen molar-refractivity contribution >= 4 is 11.8 Å². The lowest BCUT2D eigenvalue weighted by Gasteiger charge is -2.38. The summed E-state index contributed by atoms with van der Waals surface area (Å²) in [5.41, 5.74) is 2.36. The number of hydrogen-bond donors (Lipinski definition) is 2. The molecule has 0 aliphatic carbocycles. The lowest BCUT2D eigenvalue weighted by Crippen LogP contribution is -2.51. The summed E-state index contributed by atoms with van der Waals surface area (Å²) in [4.78, 5) is 14.1. The molecule has 30 heavy (non-hydrogen) atoms. The highest BCUT2D eigenvalue weighted by Gasteiger charge is 2.25. The Morgan fingerprint density at radius 2 is 1.97 bits per heavy atom. The number of nitrogens with one attached hydrogen (secondary N) is 2. The molecule has 2 atom stereocenters. The van der Waals surface area contributed by atoms with Crippen LogP contribution in [0.15, 0.2) is 53.5 Å². The number of rotatable bonds is 7. The number of likely N-dealkylation sites (tertiary alicyclic amines) is 1. The molecule has 0 saturated carbocycles. The average Bonchev–Trinajstić information content (AvgIpc) is 2.75. The van der Waals surface area contributed by atoms with Crippen molar-refractivity contribution in [1.29, 1.82) is 0 Å². The number of aromatic nitrogens is 1. The van der Waals surface area contributed by atoms with Crippen molar-refractivity contribution in [1.82, 2.24) is 20.5 Å². The van der Waals surface area contributed by atoms with Crippen LogP contribution in [-0.4, -0.2) is 55.1 Å². The molecular formula is C24H36N6. The molecule has 0 amide bonds. The van der Waals surface area contributed by atoms with E-state index in [4.69, 9.17) is 4.99 Å². The zero-order valence-electron chi connectivity index (χ0n) is 18.8. The van der Waals surface area contributed by atoms with Gasteiger partial charge in [0, 0.05) is 45.8 Å². The van der Waals surface area contributed by atoms with E-state index in [1.54, 1.807) is 0 Å². The van der Waals surface area contributed by atoms with Gasteiger partial charge in [0.2, 0.25) is 0 Å². The van der Waals surface area contributed by atoms with Crippen LogP contribution in [0.3, 0.4) is 0 Å². The number of nitrogens with zero attached hydrogens (tertiary/aromatic N) is 4. The van der Waals surface area contributed by atoms with Crippen LogP contribution < -0.4 is 15.5 Å². The van der Waals surface area contributed by atoms with Gasteiger partial charge in [-0.1, -0.05) is 36.4 Å². The Bertz CT molecular complexity index is 804. The van der Waals surface area contributed by atoms with Gasteiger partial charge in [-0.3, -0.25) is 4.90 Å². The van der Waals surface area contributed by atoms with Gasteiger partial charge >= 0.3 is 0 Å². The summed E-state index contributed by atoms with van der Waals surface area (Å²) in [7, 11) is 4.01. The van der Waals surface area contributed by atoms with E-state index in [0.29, 0.717) is 18.6 Å². The first kappa shape index (κ1) is 22.1. The number of pyridine rings is 1. The third kappa shape index (κ3) is 6.46. The van der Waals surface area contributed by atoms with Crippen LogP contribution in [0, 0.1) is 0 Å². The van der Waals surface area contributed by atoms with Crippen molar-refractivity contribution in [3.8, 4) is 0 Å². The zero-order chi connectivity index (χ0) is 21.3. The monoisotopic (exact) mass is 408 g/mol. The molecule has 1 aromatic carbocycles. The van der Waals surface area contributed by atoms with Crippen molar-refractivity contribution in [2.24, 2.45) is 4.99 Å². The number of aliphatic imine (C=N–C) groups is 1. The largest absolute Gasteiger partial charge is 0.363 e. The van der Waals surface area contributed by atoms with E-state index < -0.39 is 0 Å². The number of hydrogen-bond acceptors (Lipinski definition) is 4. The lowest BCUT2D eigenvalue weighted by molar-refractivity contribution is 0.134. The van der Waals surface area contributed by atoms with Gasteiger partial charge in [-0.05, 0) is 44.4 Å². The molecule has 6 nitrogen and oxygen atoms in total. The minimum absolute atomic E-state index is 0.436. The molecule has 0 spiro atoms. The predicted octanol–water partition coefficient (Wildman–Crippen LogP) is 3.26. The summed E-state index contributed by atoms with van der Waals surface area (Å²) in [5.74, 6) is 1.84. The Kier molecular flexibility index (Phi) is 8.08. The highest BCUT2D eigenvalue weighted by Crippen LogP contribution is 2.20. The van der Waals surface area contributed by atoms with E-state index in [-0.39, 0.29) is 0 Å². The molecule has 1 aromatic heterocycles. The second-order valence-electron chi connectivity index (χ2n) is 8.25. The van der Waals surface area contributed by atoms with Gasteiger partial charge in [0.1, 0.15) is 5.82 Å². The van der Waals surface area contributed by atoms with Gasteiger partial charge in [0.15, 0.2) is 5.96 Å². The van der Waals surface area contributed by atoms with Gasteiger partial charge in [-0.25, -0.2) is 9.98 Å². The second kappa shape index (κ2) is 11.0. The molecule has 162 valence electrons. The molecule has 1 aliphatic heterocycles. The van der Waals surface area contributed by atoms with Crippen LogP contribution in [0.4, 0.5) is 5.82 Å². The standard InChI is InChI=1S/C24H36N6/c1-5-25-24(26-17-22-12-9-13-23(27-22)29(3)4)28-21-14-15-30(19(2)16-21)18-20-10-7-6-8-11-20/h6-13,19,21H,5,14-18H2,1-4H3,(H2,25,26,28). The first-order valence-electron chi connectivity index (χ1n) is 11.0. The predicted molar refractivity (Wildman–Crippen MR) is 126 cm³/mol. The van der Waals surface area contributed by atoms with Crippen molar-refractivity contribution in [3.05, 3.63) is 59.8 Å². The number of anilines is 1. The fourth-order valence-corrected chi connectivity index (χ4v) is 3.88. The Hall–Kier alpha value is -2.60. The summed E-state index contributed by atoms with van der Waals surface area (Å²) >= 11 is 0. The van der Waals surface area contributed by atoms with Crippen molar-refractivity contribution in [2.75, 3.05) is 32.1 Å². The van der Waals surface area contributed by atoms with Crippen LogP contribution in [0.5, 0.6) is 0 Å². The summed E-state index contributed by atoms with van der Waals surface area (Å²) in [6.45, 7) is 7.97. The topological polar surface area (TPSA) is 55.8 Å². The molecule has 2 heterocycles. The van der Waals surface area contributed by atoms with Crippen LogP contribution in [0.25, 0.3) is 0 Å². The van der Waals surface area contributed by atoms with Crippen LogP contribution in [-0.2, 0) is 13.1 Å². The summed E-state index contributed by atoms with van der Waals surface area (Å²) in [5, 5.41) is 7.04. The van der Waals surface area contributed by atoms with Gasteiger partial charge < -0.3 is 15.5 Å². The fourth-order valence-electron chi connectivity index (χ4n) is 3.88. The minimum atomic E-state index is 0.436. The molecule has 0 radical (unpaired) electrons. The maximum Gasteiger partial charge on any atom is 0.191 e. The Morgan fingerprint density at radius 3 is 2.67 bits per heavy atom. The van der Waals surface area contributed by atoms with E-state index in [9.17, 15) is 0 Å². The molecule has 6 heteroatoms. The first-order valence-corrected chi connectivity index (χ1v) is 11.0. The highest BCUT2D eigenvalue weighted by molar-refractivity contribution is 5.80. The third-order valence-corrected chi connectivity index (χ3v) is 5.58. The van der Waals surface area contributed by atoms with Crippen LogP contribution in [0.1, 0.15) is 37.9 Å². The molecule has 1 fully saturated rings. The third-order valence-electron chi connectivity index (χ3n) is 5.58. The fraction of sp³-hybridized carbons (Fsp3) is 0.500. The van der Waals surface area contributed by atoms with Crippen molar-refractivity contribution < 1.29 is 0 Å². The van der Waals surface area contributed by atoms with Crippen molar-refractivity contribution in [2.45, 2.75) is 51.9 Å². The summed E-state index contributed by atoms with van der Waals surface area (Å²) in [6, 6.07) is 17.8. The molecule has 1 saturated heterocycles. The van der Waals surface area contributed by atoms with E-state index in [2.05, 4.69) is 64.7 Å². The van der Waals surface area contributed by atoms with Gasteiger partial charge in [0.05, 0.1) is 12.2 Å². The van der Waals surface area contributed by atoms with Crippen LogP contribution >= 0.6 is 0 Å². The van der Waals surface area contributed by atoms with E-state index in [1.165, 1.54) is 5.56 Å². The SMILES string of the molecule is CCNC(=NCc1cccc(N(C)C)n1)NC1CCN(Cc2ccccc2)C(C)C1. The molecule has 1 aliphatic rings. The summed E-state index contributed by atoms with van der Waals surface area (Å²) in [6.07, 6.45) is 2.24. The van der Waals surface area contributed by atoms with Gasteiger partial charge in [-0.2, -0.15) is 0 Å². The Morgan fingerprint density at radius 1 is 1.17 bits per heavy atom.